The van der Waals surface area contributed by atoms with E-state index in [0.29, 0.717) is 6.61 Å². The number of amides is 2. The molecule has 1 aliphatic heterocycles. The standard InChI is InChI=1S/C11H20N2O5/c1-11(2,7-14)12(3)10(17)13-4-5-18-6-8(13)9(15)16/h8,14H,4-7H2,1-3H3,(H,15,16). The van der Waals surface area contributed by atoms with Gasteiger partial charge >= 0.3 is 12.0 Å². The number of aliphatic hydroxyl groups excluding tert-OH is 1. The van der Waals surface area contributed by atoms with Crippen molar-refractivity contribution in [3.63, 3.8) is 0 Å². The van der Waals surface area contributed by atoms with Crippen LogP contribution in [-0.4, -0.2) is 77.0 Å². The van der Waals surface area contributed by atoms with Crippen LogP contribution in [0.3, 0.4) is 0 Å². The van der Waals surface area contributed by atoms with Crippen molar-refractivity contribution in [3.8, 4) is 0 Å². The summed E-state index contributed by atoms with van der Waals surface area (Å²) >= 11 is 0. The molecule has 0 aromatic carbocycles. The molecule has 1 aliphatic rings. The highest BCUT2D eigenvalue weighted by Gasteiger charge is 2.37. The Kier molecular flexibility index (Phi) is 4.53. The molecule has 0 spiro atoms. The van der Waals surface area contributed by atoms with Gasteiger partial charge in [-0.15, -0.1) is 0 Å². The molecular formula is C11H20N2O5. The third kappa shape index (κ3) is 2.91. The van der Waals surface area contributed by atoms with Crippen molar-refractivity contribution in [1.29, 1.82) is 0 Å². The van der Waals surface area contributed by atoms with Crippen LogP contribution in [0.25, 0.3) is 0 Å². The van der Waals surface area contributed by atoms with E-state index in [9.17, 15) is 14.7 Å². The molecule has 1 unspecified atom stereocenters. The minimum absolute atomic E-state index is 0.00549. The van der Waals surface area contributed by atoms with Gasteiger partial charge in [-0.05, 0) is 13.8 Å². The van der Waals surface area contributed by atoms with E-state index >= 15 is 0 Å². The fourth-order valence-corrected chi connectivity index (χ4v) is 1.59. The van der Waals surface area contributed by atoms with Crippen molar-refractivity contribution in [1.82, 2.24) is 9.80 Å². The lowest BCUT2D eigenvalue weighted by Gasteiger charge is -2.41. The predicted octanol–water partition coefficient (Wildman–Crippen LogP) is -0.405. The second-order valence-corrected chi connectivity index (χ2v) is 4.93. The molecule has 104 valence electrons. The van der Waals surface area contributed by atoms with Crippen molar-refractivity contribution >= 4 is 12.0 Å². The highest BCUT2D eigenvalue weighted by Crippen LogP contribution is 2.17. The molecule has 0 saturated carbocycles. The van der Waals surface area contributed by atoms with Crippen LogP contribution in [-0.2, 0) is 9.53 Å². The van der Waals surface area contributed by atoms with E-state index in [-0.39, 0.29) is 19.8 Å². The second kappa shape index (κ2) is 5.53. The number of carbonyl (C=O) groups is 2. The lowest BCUT2D eigenvalue weighted by Crippen LogP contribution is -2.60. The van der Waals surface area contributed by atoms with Crippen molar-refractivity contribution in [3.05, 3.63) is 0 Å². The summed E-state index contributed by atoms with van der Waals surface area (Å²) in [6.45, 7) is 3.78. The Balaban J connectivity index is 2.84. The fourth-order valence-electron chi connectivity index (χ4n) is 1.59. The topological polar surface area (TPSA) is 90.3 Å². The molecule has 1 atom stereocenters. The van der Waals surface area contributed by atoms with Gasteiger partial charge in [0, 0.05) is 13.6 Å². The monoisotopic (exact) mass is 260 g/mol. The maximum absolute atomic E-state index is 12.2. The predicted molar refractivity (Wildman–Crippen MR) is 63.3 cm³/mol. The number of carbonyl (C=O) groups excluding carboxylic acids is 1. The minimum atomic E-state index is -1.08. The number of carboxylic acid groups (broad SMARTS) is 1. The van der Waals surface area contributed by atoms with Gasteiger partial charge in [0.1, 0.15) is 0 Å². The smallest absolute Gasteiger partial charge is 0.328 e. The molecule has 7 heteroatoms. The summed E-state index contributed by atoms with van der Waals surface area (Å²) in [5.41, 5.74) is -0.738. The molecule has 2 amide bonds. The van der Waals surface area contributed by atoms with Crippen LogP contribution < -0.4 is 0 Å². The number of aliphatic hydroxyl groups is 1. The van der Waals surface area contributed by atoms with Gasteiger partial charge in [0.25, 0.3) is 0 Å². The van der Waals surface area contributed by atoms with Crippen molar-refractivity contribution in [2.75, 3.05) is 33.4 Å². The molecule has 0 radical (unpaired) electrons. The first kappa shape index (κ1) is 14.7. The largest absolute Gasteiger partial charge is 0.480 e. The number of hydrogen-bond acceptors (Lipinski definition) is 4. The molecule has 1 heterocycles. The fraction of sp³-hybridized carbons (Fsp3) is 0.818. The molecule has 18 heavy (non-hydrogen) atoms. The van der Waals surface area contributed by atoms with Crippen LogP contribution >= 0.6 is 0 Å². The van der Waals surface area contributed by atoms with Gasteiger partial charge in [0.05, 0.1) is 25.4 Å². The average molecular weight is 260 g/mol. The first-order valence-corrected chi connectivity index (χ1v) is 5.77. The molecule has 1 rings (SSSR count). The number of urea groups is 1. The average Bonchev–Trinajstić information content (AvgIpc) is 2.36. The quantitative estimate of drug-likeness (QED) is 0.720. The molecular weight excluding hydrogens is 240 g/mol. The van der Waals surface area contributed by atoms with Gasteiger partial charge in [-0.25, -0.2) is 9.59 Å². The maximum atomic E-state index is 12.2. The minimum Gasteiger partial charge on any atom is -0.480 e. The molecule has 1 fully saturated rings. The number of aliphatic carboxylic acids is 1. The molecule has 0 bridgehead atoms. The molecule has 1 saturated heterocycles. The molecule has 0 aromatic heterocycles. The van der Waals surface area contributed by atoms with E-state index in [2.05, 4.69) is 0 Å². The number of ether oxygens (including phenoxy) is 1. The number of rotatable bonds is 3. The lowest BCUT2D eigenvalue weighted by molar-refractivity contribution is -0.147. The zero-order valence-corrected chi connectivity index (χ0v) is 10.9. The molecule has 0 aliphatic carbocycles. The van der Waals surface area contributed by atoms with Gasteiger partial charge < -0.3 is 24.7 Å². The first-order valence-electron chi connectivity index (χ1n) is 5.77. The van der Waals surface area contributed by atoms with Gasteiger partial charge in [-0.1, -0.05) is 0 Å². The molecule has 0 aromatic rings. The van der Waals surface area contributed by atoms with Crippen LogP contribution in [0.4, 0.5) is 4.79 Å². The Labute approximate surface area is 106 Å². The van der Waals surface area contributed by atoms with Crippen LogP contribution in [0.2, 0.25) is 0 Å². The maximum Gasteiger partial charge on any atom is 0.328 e. The van der Waals surface area contributed by atoms with E-state index in [1.165, 1.54) is 9.80 Å². The van der Waals surface area contributed by atoms with E-state index in [1.807, 2.05) is 0 Å². The summed E-state index contributed by atoms with van der Waals surface area (Å²) in [4.78, 5) is 25.9. The summed E-state index contributed by atoms with van der Waals surface area (Å²) in [6, 6.07) is -1.38. The lowest BCUT2D eigenvalue weighted by atomic mass is 10.1. The van der Waals surface area contributed by atoms with Gasteiger partial charge in [-0.3, -0.25) is 0 Å². The Hall–Kier alpha value is -1.34. The van der Waals surface area contributed by atoms with E-state index in [1.54, 1.807) is 20.9 Å². The van der Waals surface area contributed by atoms with Crippen LogP contribution in [0.15, 0.2) is 0 Å². The second-order valence-electron chi connectivity index (χ2n) is 4.93. The zero-order chi connectivity index (χ0) is 13.9. The first-order chi connectivity index (χ1) is 8.31. The SMILES string of the molecule is CN(C(=O)N1CCOCC1C(=O)O)C(C)(C)CO. The third-order valence-corrected chi connectivity index (χ3v) is 3.24. The number of carboxylic acids is 1. The summed E-state index contributed by atoms with van der Waals surface area (Å²) in [7, 11) is 1.55. The Bertz CT molecular complexity index is 331. The van der Waals surface area contributed by atoms with Crippen LogP contribution in [0, 0.1) is 0 Å². The molecule has 7 nitrogen and oxygen atoms in total. The highest BCUT2D eigenvalue weighted by atomic mass is 16.5. The molecule has 2 N–H and O–H groups in total. The van der Waals surface area contributed by atoms with Crippen molar-refractivity contribution < 1.29 is 24.5 Å². The number of likely N-dealkylation sites (N-methyl/N-ethyl adjacent to an activating group) is 1. The summed E-state index contributed by atoms with van der Waals surface area (Å²) < 4.78 is 5.07. The highest BCUT2D eigenvalue weighted by molar-refractivity contribution is 5.83. The zero-order valence-electron chi connectivity index (χ0n) is 10.9. The van der Waals surface area contributed by atoms with Crippen molar-refractivity contribution in [2.45, 2.75) is 25.4 Å². The van der Waals surface area contributed by atoms with E-state index in [4.69, 9.17) is 9.84 Å². The summed E-state index contributed by atoms with van der Waals surface area (Å²) in [5.74, 6) is -1.08. The van der Waals surface area contributed by atoms with Crippen LogP contribution in [0.5, 0.6) is 0 Å². The van der Waals surface area contributed by atoms with Gasteiger partial charge in [0.15, 0.2) is 6.04 Å². The normalized spacial score (nSPS) is 20.7. The van der Waals surface area contributed by atoms with Gasteiger partial charge in [0.2, 0.25) is 0 Å². The number of nitrogens with zero attached hydrogens (tertiary/aromatic N) is 2. The summed E-state index contributed by atoms with van der Waals surface area (Å²) in [5, 5.41) is 18.3. The van der Waals surface area contributed by atoms with Gasteiger partial charge in [-0.2, -0.15) is 0 Å². The summed E-state index contributed by atoms with van der Waals surface area (Å²) in [6.07, 6.45) is 0. The number of hydrogen-bond donors (Lipinski definition) is 2. The van der Waals surface area contributed by atoms with Crippen LogP contribution in [0.1, 0.15) is 13.8 Å². The third-order valence-electron chi connectivity index (χ3n) is 3.24. The van der Waals surface area contributed by atoms with E-state index in [0.717, 1.165) is 0 Å². The van der Waals surface area contributed by atoms with E-state index < -0.39 is 23.6 Å². The van der Waals surface area contributed by atoms with Crippen molar-refractivity contribution in [2.24, 2.45) is 0 Å². The Morgan fingerprint density at radius 1 is 1.50 bits per heavy atom. The number of morpholine rings is 1. The Morgan fingerprint density at radius 3 is 2.61 bits per heavy atom. The Morgan fingerprint density at radius 2 is 2.11 bits per heavy atom.